The maximum absolute atomic E-state index is 12.2. The Hall–Kier alpha value is -2.18. The van der Waals surface area contributed by atoms with Crippen LogP contribution in [0.5, 0.6) is 0 Å². The number of hydrogen-bond acceptors (Lipinski definition) is 5. The molecule has 1 amide bonds. The van der Waals surface area contributed by atoms with Gasteiger partial charge in [0.05, 0.1) is 4.92 Å². The van der Waals surface area contributed by atoms with Crippen LogP contribution in [-0.4, -0.2) is 41.4 Å². The van der Waals surface area contributed by atoms with E-state index in [0.29, 0.717) is 12.4 Å². The second-order valence-electron chi connectivity index (χ2n) is 4.17. The molecule has 0 aliphatic rings. The Morgan fingerprint density at radius 1 is 1.58 bits per heavy atom. The quantitative estimate of drug-likeness (QED) is 0.627. The molecule has 0 aliphatic carbocycles. The highest BCUT2D eigenvalue weighted by Gasteiger charge is 2.23. The Kier molecular flexibility index (Phi) is 5.23. The average molecular weight is 266 g/mol. The third-order valence-corrected chi connectivity index (χ3v) is 2.76. The largest absolute Gasteiger partial charge is 0.373 e. The van der Waals surface area contributed by atoms with Crippen molar-refractivity contribution in [3.05, 3.63) is 27.9 Å². The Morgan fingerprint density at radius 3 is 2.79 bits per heavy atom. The van der Waals surface area contributed by atoms with E-state index in [1.54, 1.807) is 14.1 Å². The summed E-state index contributed by atoms with van der Waals surface area (Å²) in [6.45, 7) is 2.59. The summed E-state index contributed by atoms with van der Waals surface area (Å²) in [5.74, 6) is 0.0666. The first-order chi connectivity index (χ1) is 9.01. The molecule has 0 aromatic carbocycles. The minimum atomic E-state index is -0.590. The summed E-state index contributed by atoms with van der Waals surface area (Å²) < 4.78 is 0. The van der Waals surface area contributed by atoms with Gasteiger partial charge in [0.25, 0.3) is 11.6 Å². The van der Waals surface area contributed by atoms with Gasteiger partial charge in [0.2, 0.25) is 0 Å². The van der Waals surface area contributed by atoms with Gasteiger partial charge in [-0.15, -0.1) is 0 Å². The molecule has 0 fully saturated rings. The predicted molar refractivity (Wildman–Crippen MR) is 72.3 cm³/mol. The van der Waals surface area contributed by atoms with Crippen LogP contribution in [0, 0.1) is 10.1 Å². The Labute approximate surface area is 111 Å². The van der Waals surface area contributed by atoms with Gasteiger partial charge in [-0.2, -0.15) is 0 Å². The van der Waals surface area contributed by atoms with Crippen LogP contribution >= 0.6 is 0 Å². The Bertz CT molecular complexity index is 476. The van der Waals surface area contributed by atoms with Crippen molar-refractivity contribution in [1.82, 2.24) is 9.88 Å². The van der Waals surface area contributed by atoms with Crippen LogP contribution < -0.4 is 5.32 Å². The zero-order valence-electron chi connectivity index (χ0n) is 11.3. The molecular weight excluding hydrogens is 248 g/mol. The van der Waals surface area contributed by atoms with Gasteiger partial charge in [0.15, 0.2) is 0 Å². The van der Waals surface area contributed by atoms with Gasteiger partial charge >= 0.3 is 0 Å². The van der Waals surface area contributed by atoms with E-state index in [0.717, 1.165) is 19.0 Å². The van der Waals surface area contributed by atoms with Gasteiger partial charge in [0.1, 0.15) is 17.6 Å². The highest BCUT2D eigenvalue weighted by molar-refractivity contribution is 5.98. The van der Waals surface area contributed by atoms with Crippen molar-refractivity contribution >= 4 is 17.4 Å². The fraction of sp³-hybridized carbons (Fsp3) is 0.500. The number of pyridine rings is 1. The van der Waals surface area contributed by atoms with Crippen LogP contribution in [0.3, 0.4) is 0 Å². The van der Waals surface area contributed by atoms with Crippen molar-refractivity contribution in [3.63, 3.8) is 0 Å². The topological polar surface area (TPSA) is 88.4 Å². The van der Waals surface area contributed by atoms with Crippen LogP contribution in [0.4, 0.5) is 11.5 Å². The van der Waals surface area contributed by atoms with Gasteiger partial charge < -0.3 is 10.2 Å². The molecule has 0 bridgehead atoms. The van der Waals surface area contributed by atoms with Crippen LogP contribution in [0.25, 0.3) is 0 Å². The number of nitrogens with zero attached hydrogens (tertiary/aromatic N) is 3. The SMILES string of the molecule is CCCCN(C)C(=O)c1cc(NC)ncc1[N+](=O)[O-]. The molecule has 0 spiro atoms. The summed E-state index contributed by atoms with van der Waals surface area (Å²) in [4.78, 5) is 27.9. The summed E-state index contributed by atoms with van der Waals surface area (Å²) in [5, 5.41) is 13.7. The smallest absolute Gasteiger partial charge is 0.300 e. The monoisotopic (exact) mass is 266 g/mol. The van der Waals surface area contributed by atoms with Gasteiger partial charge in [0, 0.05) is 26.7 Å². The van der Waals surface area contributed by atoms with E-state index in [9.17, 15) is 14.9 Å². The lowest BCUT2D eigenvalue weighted by Gasteiger charge is -2.16. The Balaban J connectivity index is 3.08. The van der Waals surface area contributed by atoms with Crippen molar-refractivity contribution in [2.75, 3.05) is 26.0 Å². The molecule has 104 valence electrons. The molecule has 1 heterocycles. The number of aromatic nitrogens is 1. The lowest BCUT2D eigenvalue weighted by molar-refractivity contribution is -0.385. The molecule has 0 atom stereocenters. The molecule has 0 saturated carbocycles. The average Bonchev–Trinajstić information content (AvgIpc) is 2.42. The summed E-state index contributed by atoms with van der Waals surface area (Å²) in [6.07, 6.45) is 2.92. The lowest BCUT2D eigenvalue weighted by Crippen LogP contribution is -2.28. The van der Waals surface area contributed by atoms with Gasteiger partial charge in [-0.05, 0) is 6.42 Å². The van der Waals surface area contributed by atoms with Crippen LogP contribution in [0.15, 0.2) is 12.3 Å². The second kappa shape index (κ2) is 6.67. The van der Waals surface area contributed by atoms with E-state index in [-0.39, 0.29) is 17.2 Å². The number of carbonyl (C=O) groups excluding carboxylic acids is 1. The number of carbonyl (C=O) groups is 1. The maximum atomic E-state index is 12.2. The molecule has 1 aromatic rings. The molecule has 7 nitrogen and oxygen atoms in total. The first-order valence-corrected chi connectivity index (χ1v) is 6.08. The number of amides is 1. The number of anilines is 1. The van der Waals surface area contributed by atoms with Gasteiger partial charge in [-0.25, -0.2) is 4.98 Å². The van der Waals surface area contributed by atoms with Crippen LogP contribution in [0.2, 0.25) is 0 Å². The van der Waals surface area contributed by atoms with E-state index in [2.05, 4.69) is 10.3 Å². The number of unbranched alkanes of at least 4 members (excludes halogenated alkanes) is 1. The van der Waals surface area contributed by atoms with Crippen molar-refractivity contribution in [2.24, 2.45) is 0 Å². The van der Waals surface area contributed by atoms with E-state index in [1.807, 2.05) is 6.92 Å². The zero-order valence-corrected chi connectivity index (χ0v) is 11.3. The number of nitrogens with one attached hydrogen (secondary N) is 1. The van der Waals surface area contributed by atoms with E-state index >= 15 is 0 Å². The van der Waals surface area contributed by atoms with Gasteiger partial charge in [-0.1, -0.05) is 13.3 Å². The third-order valence-electron chi connectivity index (χ3n) is 2.76. The first kappa shape index (κ1) is 14.9. The van der Waals surface area contributed by atoms with Crippen molar-refractivity contribution in [2.45, 2.75) is 19.8 Å². The normalized spacial score (nSPS) is 10.1. The van der Waals surface area contributed by atoms with Crippen molar-refractivity contribution < 1.29 is 9.72 Å². The molecule has 7 heteroatoms. The van der Waals surface area contributed by atoms with Gasteiger partial charge in [-0.3, -0.25) is 14.9 Å². The van der Waals surface area contributed by atoms with E-state index in [1.165, 1.54) is 11.0 Å². The fourth-order valence-corrected chi connectivity index (χ4v) is 1.60. The molecule has 0 radical (unpaired) electrons. The zero-order chi connectivity index (χ0) is 14.4. The summed E-state index contributed by atoms with van der Waals surface area (Å²) in [5.41, 5.74) is -0.213. The minimum Gasteiger partial charge on any atom is -0.373 e. The number of hydrogen-bond donors (Lipinski definition) is 1. The van der Waals surface area contributed by atoms with Crippen LogP contribution in [-0.2, 0) is 0 Å². The predicted octanol–water partition coefficient (Wildman–Crippen LogP) is 1.90. The molecule has 1 rings (SSSR count). The molecule has 0 saturated heterocycles. The second-order valence-corrected chi connectivity index (χ2v) is 4.17. The van der Waals surface area contributed by atoms with E-state index < -0.39 is 4.92 Å². The molecule has 0 aliphatic heterocycles. The molecule has 19 heavy (non-hydrogen) atoms. The highest BCUT2D eigenvalue weighted by Crippen LogP contribution is 2.21. The highest BCUT2D eigenvalue weighted by atomic mass is 16.6. The molecular formula is C12H18N4O3. The number of rotatable bonds is 6. The van der Waals surface area contributed by atoms with Crippen LogP contribution in [0.1, 0.15) is 30.1 Å². The summed E-state index contributed by atoms with van der Waals surface area (Å²) in [6, 6.07) is 1.41. The van der Waals surface area contributed by atoms with Crippen molar-refractivity contribution in [3.8, 4) is 0 Å². The van der Waals surface area contributed by atoms with Crippen molar-refractivity contribution in [1.29, 1.82) is 0 Å². The summed E-state index contributed by atoms with van der Waals surface area (Å²) >= 11 is 0. The third kappa shape index (κ3) is 3.64. The molecule has 1 aromatic heterocycles. The Morgan fingerprint density at radius 2 is 2.26 bits per heavy atom. The maximum Gasteiger partial charge on any atom is 0.300 e. The standard InChI is InChI=1S/C12H18N4O3/c1-4-5-6-15(3)12(17)9-7-11(13-2)14-8-10(9)16(18)19/h7-8H,4-6H2,1-3H3,(H,13,14). The molecule has 1 N–H and O–H groups in total. The number of nitro groups is 1. The first-order valence-electron chi connectivity index (χ1n) is 6.08. The fourth-order valence-electron chi connectivity index (χ4n) is 1.60. The molecule has 0 unspecified atom stereocenters. The van der Waals surface area contributed by atoms with E-state index in [4.69, 9.17) is 0 Å². The minimum absolute atomic E-state index is 0.0583. The lowest BCUT2D eigenvalue weighted by atomic mass is 10.2. The summed E-state index contributed by atoms with van der Waals surface area (Å²) in [7, 11) is 3.28.